The molecule has 0 saturated carbocycles. The number of hydrogen-bond acceptors (Lipinski definition) is 3. The van der Waals surface area contributed by atoms with Gasteiger partial charge in [0.25, 0.3) is 5.91 Å². The molecular weight excluding hydrogens is 290 g/mol. The van der Waals surface area contributed by atoms with Gasteiger partial charge in [-0.1, -0.05) is 38.1 Å². The summed E-state index contributed by atoms with van der Waals surface area (Å²) in [5.41, 5.74) is 3.35. The first-order chi connectivity index (χ1) is 11.0. The summed E-state index contributed by atoms with van der Waals surface area (Å²) >= 11 is 0. The summed E-state index contributed by atoms with van der Waals surface area (Å²) in [7, 11) is 0. The molecule has 0 unspecified atom stereocenters. The summed E-state index contributed by atoms with van der Waals surface area (Å²) in [6.07, 6.45) is 0.817. The molecule has 0 fully saturated rings. The van der Waals surface area contributed by atoms with Crippen molar-refractivity contribution in [2.24, 2.45) is 0 Å². The zero-order valence-electron chi connectivity index (χ0n) is 13.4. The topological polar surface area (TPSA) is 60.8 Å². The lowest BCUT2D eigenvalue weighted by atomic mass is 9.96. The lowest BCUT2D eigenvalue weighted by Crippen LogP contribution is -2.36. The van der Waals surface area contributed by atoms with Crippen LogP contribution >= 0.6 is 0 Å². The molecule has 0 atom stereocenters. The van der Waals surface area contributed by atoms with Crippen LogP contribution in [0.15, 0.2) is 36.4 Å². The van der Waals surface area contributed by atoms with Crippen molar-refractivity contribution < 1.29 is 15.0 Å². The predicted molar refractivity (Wildman–Crippen MR) is 88.7 cm³/mol. The van der Waals surface area contributed by atoms with Gasteiger partial charge in [0.05, 0.1) is 5.56 Å². The van der Waals surface area contributed by atoms with Crippen molar-refractivity contribution >= 4 is 5.91 Å². The van der Waals surface area contributed by atoms with E-state index >= 15 is 0 Å². The number of nitrogens with zero attached hydrogens (tertiary/aromatic N) is 1. The number of rotatable bonds is 2. The van der Waals surface area contributed by atoms with Gasteiger partial charge in [-0.05, 0) is 35.1 Å². The molecule has 120 valence electrons. The Kier molecular flexibility index (Phi) is 3.99. The molecular formula is C19H21NO3. The van der Waals surface area contributed by atoms with Crippen LogP contribution in [0.1, 0.15) is 46.8 Å². The normalized spacial score (nSPS) is 14.0. The summed E-state index contributed by atoms with van der Waals surface area (Å²) in [5, 5.41) is 20.0. The maximum atomic E-state index is 12.8. The van der Waals surface area contributed by atoms with E-state index in [1.807, 2.05) is 32.0 Å². The Hall–Kier alpha value is -2.49. The van der Waals surface area contributed by atoms with Gasteiger partial charge in [0.2, 0.25) is 0 Å². The van der Waals surface area contributed by atoms with Crippen molar-refractivity contribution in [3.8, 4) is 11.5 Å². The molecule has 1 aliphatic rings. The number of hydrogen-bond donors (Lipinski definition) is 2. The van der Waals surface area contributed by atoms with Crippen molar-refractivity contribution in [3.63, 3.8) is 0 Å². The van der Waals surface area contributed by atoms with E-state index in [1.54, 1.807) is 11.0 Å². The van der Waals surface area contributed by atoms with Gasteiger partial charge in [-0.3, -0.25) is 4.79 Å². The minimum atomic E-state index is -0.195. The lowest BCUT2D eigenvalue weighted by Gasteiger charge is -2.29. The minimum absolute atomic E-state index is 0.0260. The highest BCUT2D eigenvalue weighted by Gasteiger charge is 2.25. The SMILES string of the molecule is CC(C)c1cc(C(=O)N2CCc3ccccc3C2)c(O)cc1O. The fraction of sp³-hybridized carbons (Fsp3) is 0.316. The summed E-state index contributed by atoms with van der Waals surface area (Å²) in [5.74, 6) is -0.267. The Morgan fingerprint density at radius 1 is 1.09 bits per heavy atom. The first-order valence-electron chi connectivity index (χ1n) is 7.89. The highest BCUT2D eigenvalue weighted by atomic mass is 16.3. The number of amides is 1. The van der Waals surface area contributed by atoms with E-state index in [9.17, 15) is 15.0 Å². The van der Waals surface area contributed by atoms with Crippen molar-refractivity contribution in [1.29, 1.82) is 0 Å². The lowest BCUT2D eigenvalue weighted by molar-refractivity contribution is 0.0731. The Morgan fingerprint density at radius 3 is 2.48 bits per heavy atom. The molecule has 3 rings (SSSR count). The number of fused-ring (bicyclic) bond motifs is 1. The van der Waals surface area contributed by atoms with Crippen LogP contribution in [0.3, 0.4) is 0 Å². The Morgan fingerprint density at radius 2 is 1.78 bits per heavy atom. The predicted octanol–water partition coefficient (Wildman–Crippen LogP) is 3.42. The highest BCUT2D eigenvalue weighted by molar-refractivity contribution is 5.97. The van der Waals surface area contributed by atoms with Crippen LogP contribution in [0.4, 0.5) is 0 Å². The van der Waals surface area contributed by atoms with E-state index in [1.165, 1.54) is 11.6 Å². The molecule has 0 aromatic heterocycles. The summed E-state index contributed by atoms with van der Waals surface area (Å²) in [4.78, 5) is 14.5. The Bertz CT molecular complexity index is 752. The minimum Gasteiger partial charge on any atom is -0.508 e. The number of carbonyl (C=O) groups excluding carboxylic acids is 1. The molecule has 0 aliphatic carbocycles. The number of aromatic hydroxyl groups is 2. The molecule has 0 radical (unpaired) electrons. The zero-order valence-corrected chi connectivity index (χ0v) is 13.4. The number of carbonyl (C=O) groups is 1. The Balaban J connectivity index is 1.91. The number of phenols is 2. The largest absolute Gasteiger partial charge is 0.508 e. The second-order valence-electron chi connectivity index (χ2n) is 6.33. The second kappa shape index (κ2) is 5.95. The fourth-order valence-electron chi connectivity index (χ4n) is 3.07. The van der Waals surface area contributed by atoms with Crippen LogP contribution < -0.4 is 0 Å². The van der Waals surface area contributed by atoms with Crippen molar-refractivity contribution in [3.05, 3.63) is 58.7 Å². The average Bonchev–Trinajstić information content (AvgIpc) is 2.53. The Labute approximate surface area is 136 Å². The fourth-order valence-corrected chi connectivity index (χ4v) is 3.07. The van der Waals surface area contributed by atoms with E-state index < -0.39 is 0 Å². The molecule has 23 heavy (non-hydrogen) atoms. The molecule has 4 heteroatoms. The zero-order chi connectivity index (χ0) is 16.6. The van der Waals surface area contributed by atoms with Crippen molar-refractivity contribution in [2.75, 3.05) is 6.54 Å². The first-order valence-corrected chi connectivity index (χ1v) is 7.89. The standard InChI is InChI=1S/C19H21NO3/c1-12(2)15-9-16(18(22)10-17(15)21)19(23)20-8-7-13-5-3-4-6-14(13)11-20/h3-6,9-10,12,21-22H,7-8,11H2,1-2H3. The highest BCUT2D eigenvalue weighted by Crippen LogP contribution is 2.33. The van der Waals surface area contributed by atoms with Gasteiger partial charge in [0.15, 0.2) is 0 Å². The van der Waals surface area contributed by atoms with Gasteiger partial charge >= 0.3 is 0 Å². The molecule has 2 aromatic carbocycles. The van der Waals surface area contributed by atoms with Gasteiger partial charge in [0, 0.05) is 19.2 Å². The van der Waals surface area contributed by atoms with E-state index in [0.29, 0.717) is 18.7 Å². The number of phenolic OH excluding ortho intramolecular Hbond substituents is 2. The molecule has 0 saturated heterocycles. The molecule has 1 aliphatic heterocycles. The van der Waals surface area contributed by atoms with Gasteiger partial charge in [-0.2, -0.15) is 0 Å². The van der Waals surface area contributed by atoms with Crippen molar-refractivity contribution in [2.45, 2.75) is 32.7 Å². The van der Waals surface area contributed by atoms with Gasteiger partial charge in [-0.15, -0.1) is 0 Å². The third-order valence-corrected chi connectivity index (χ3v) is 4.42. The quantitative estimate of drug-likeness (QED) is 0.893. The smallest absolute Gasteiger partial charge is 0.257 e. The summed E-state index contributed by atoms with van der Waals surface area (Å²) < 4.78 is 0. The van der Waals surface area contributed by atoms with E-state index in [4.69, 9.17) is 0 Å². The molecule has 0 bridgehead atoms. The number of benzene rings is 2. The third kappa shape index (κ3) is 2.89. The summed E-state index contributed by atoms with van der Waals surface area (Å²) in [6.45, 7) is 5.06. The average molecular weight is 311 g/mol. The van der Waals surface area contributed by atoms with Crippen LogP contribution in [0, 0.1) is 0 Å². The van der Waals surface area contributed by atoms with Gasteiger partial charge in [0.1, 0.15) is 11.5 Å². The maximum absolute atomic E-state index is 12.8. The molecule has 4 nitrogen and oxygen atoms in total. The van der Waals surface area contributed by atoms with Crippen molar-refractivity contribution in [1.82, 2.24) is 4.90 Å². The molecule has 1 amide bonds. The maximum Gasteiger partial charge on any atom is 0.257 e. The molecule has 2 N–H and O–H groups in total. The third-order valence-electron chi connectivity index (χ3n) is 4.42. The first kappa shape index (κ1) is 15.4. The molecule has 1 heterocycles. The van der Waals surface area contributed by atoms with E-state index in [0.717, 1.165) is 12.0 Å². The molecule has 0 spiro atoms. The summed E-state index contributed by atoms with van der Waals surface area (Å²) in [6, 6.07) is 11.0. The monoisotopic (exact) mass is 311 g/mol. The van der Waals surface area contributed by atoms with Gasteiger partial charge in [-0.25, -0.2) is 0 Å². The van der Waals surface area contributed by atoms with Gasteiger partial charge < -0.3 is 15.1 Å². The van der Waals surface area contributed by atoms with Crippen LogP contribution in [0.25, 0.3) is 0 Å². The van der Waals surface area contributed by atoms with Crippen LogP contribution in [0.5, 0.6) is 11.5 Å². The second-order valence-corrected chi connectivity index (χ2v) is 6.33. The molecule has 2 aromatic rings. The van der Waals surface area contributed by atoms with E-state index in [2.05, 4.69) is 6.07 Å². The van der Waals surface area contributed by atoms with Crippen LogP contribution in [-0.2, 0) is 13.0 Å². The van der Waals surface area contributed by atoms with Crippen LogP contribution in [0.2, 0.25) is 0 Å². The van der Waals surface area contributed by atoms with E-state index in [-0.39, 0.29) is 28.9 Å². The van der Waals surface area contributed by atoms with Crippen LogP contribution in [-0.4, -0.2) is 27.6 Å².